The summed E-state index contributed by atoms with van der Waals surface area (Å²) in [5.41, 5.74) is 2.17. The van der Waals surface area contributed by atoms with Crippen LogP contribution >= 0.6 is 23.5 Å². The summed E-state index contributed by atoms with van der Waals surface area (Å²) >= 11 is 3.32. The molecule has 0 bridgehead atoms. The highest BCUT2D eigenvalue weighted by atomic mass is 32.2. The van der Waals surface area contributed by atoms with Gasteiger partial charge in [0.05, 0.1) is 17.5 Å². The van der Waals surface area contributed by atoms with Crippen LogP contribution in [0, 0.1) is 6.92 Å². The zero-order valence-electron chi connectivity index (χ0n) is 16.2. The van der Waals surface area contributed by atoms with Crippen LogP contribution in [0.25, 0.3) is 0 Å². The molecule has 1 aliphatic heterocycles. The van der Waals surface area contributed by atoms with E-state index in [0.717, 1.165) is 27.3 Å². The summed E-state index contributed by atoms with van der Waals surface area (Å²) in [6, 6.07) is 19.1. The quantitative estimate of drug-likeness (QED) is 0.548. The number of thioether (sulfide) groups is 2. The third kappa shape index (κ3) is 3.69. The maximum absolute atomic E-state index is 13.5. The Bertz CT molecular complexity index is 1030. The van der Waals surface area contributed by atoms with Crippen LogP contribution in [0.2, 0.25) is 0 Å². The Morgan fingerprint density at radius 1 is 1.10 bits per heavy atom. The Balaban J connectivity index is 1.42. The number of carbonyl (C=O) groups excluding carboxylic acids is 1. The average molecular weight is 423 g/mol. The van der Waals surface area contributed by atoms with Gasteiger partial charge in [-0.1, -0.05) is 54.2 Å². The van der Waals surface area contributed by atoms with Gasteiger partial charge < -0.3 is 9.47 Å². The van der Waals surface area contributed by atoms with E-state index in [0.29, 0.717) is 11.8 Å². The topological polar surface area (TPSA) is 51.0 Å². The van der Waals surface area contributed by atoms with Crippen molar-refractivity contribution in [3.8, 4) is 0 Å². The number of aromatic nitrogens is 3. The predicted molar refractivity (Wildman–Crippen MR) is 118 cm³/mol. The molecule has 3 aromatic rings. The smallest absolute Gasteiger partial charge is 0.238 e. The first kappa shape index (κ1) is 18.8. The van der Waals surface area contributed by atoms with Gasteiger partial charge in [-0.2, -0.15) is 0 Å². The van der Waals surface area contributed by atoms with Gasteiger partial charge in [0, 0.05) is 16.7 Å². The number of nitrogens with zero attached hydrogens (tertiary/aromatic N) is 4. The molecule has 1 fully saturated rings. The van der Waals surface area contributed by atoms with E-state index in [-0.39, 0.29) is 11.9 Å². The summed E-state index contributed by atoms with van der Waals surface area (Å²) in [6.45, 7) is 1.99. The molecule has 1 atom stereocenters. The first-order valence-electron chi connectivity index (χ1n) is 9.85. The minimum absolute atomic E-state index is 0.0345. The summed E-state index contributed by atoms with van der Waals surface area (Å²) in [7, 11) is 0. The molecule has 29 heavy (non-hydrogen) atoms. The van der Waals surface area contributed by atoms with Crippen molar-refractivity contribution in [1.29, 1.82) is 0 Å². The fraction of sp³-hybridized carbons (Fsp3) is 0.318. The molecule has 0 radical (unpaired) electrons. The molecule has 0 saturated heterocycles. The summed E-state index contributed by atoms with van der Waals surface area (Å²) in [6.07, 6.45) is 2.35. The van der Waals surface area contributed by atoms with Crippen molar-refractivity contribution in [2.24, 2.45) is 0 Å². The second kappa shape index (κ2) is 7.88. The monoisotopic (exact) mass is 422 g/mol. The molecule has 1 amide bonds. The highest BCUT2D eigenvalue weighted by Crippen LogP contribution is 2.44. The van der Waals surface area contributed by atoms with Crippen molar-refractivity contribution < 1.29 is 4.79 Å². The van der Waals surface area contributed by atoms with Crippen molar-refractivity contribution >= 4 is 35.1 Å². The molecule has 148 valence electrons. The number of anilines is 1. The molecule has 0 N–H and O–H groups in total. The van der Waals surface area contributed by atoms with E-state index in [2.05, 4.69) is 39.0 Å². The number of fused-ring (bicyclic) bond motifs is 1. The number of amides is 1. The molecule has 7 heteroatoms. The number of carbonyl (C=O) groups is 1. The number of hydrogen-bond acceptors (Lipinski definition) is 5. The largest absolute Gasteiger partial charge is 0.303 e. The van der Waals surface area contributed by atoms with Crippen LogP contribution in [0.4, 0.5) is 5.69 Å². The number of benzene rings is 2. The third-order valence-electron chi connectivity index (χ3n) is 5.36. The summed E-state index contributed by atoms with van der Waals surface area (Å²) in [4.78, 5) is 16.6. The second-order valence-corrected chi connectivity index (χ2v) is 9.39. The van der Waals surface area contributed by atoms with Crippen molar-refractivity contribution in [2.75, 3.05) is 16.4 Å². The molecule has 5 nitrogen and oxygen atoms in total. The van der Waals surface area contributed by atoms with Gasteiger partial charge in [0.25, 0.3) is 0 Å². The molecular weight excluding hydrogens is 400 g/mol. The van der Waals surface area contributed by atoms with Crippen LogP contribution in [0.1, 0.15) is 36.3 Å². The normalized spacial score (nSPS) is 18.5. The Hall–Kier alpha value is -2.25. The minimum Gasteiger partial charge on any atom is -0.303 e. The van der Waals surface area contributed by atoms with E-state index in [1.807, 2.05) is 53.9 Å². The minimum atomic E-state index is 0.0345. The lowest BCUT2D eigenvalue weighted by Crippen LogP contribution is -2.39. The van der Waals surface area contributed by atoms with Gasteiger partial charge in [-0.3, -0.25) is 4.79 Å². The number of para-hydroxylation sites is 1. The van der Waals surface area contributed by atoms with Crippen LogP contribution in [-0.4, -0.2) is 32.2 Å². The first-order chi connectivity index (χ1) is 14.2. The lowest BCUT2D eigenvalue weighted by molar-refractivity contribution is -0.116. The van der Waals surface area contributed by atoms with Gasteiger partial charge in [-0.25, -0.2) is 0 Å². The standard InChI is InChI=1S/C22H22N4OS2/c1-15-23-24-22(25(15)17-11-12-17)29-14-21(27)26-18-9-5-6-10-20(18)28-13-19(26)16-7-3-2-4-8-16/h2-10,17,19H,11-14H2,1H3. The third-order valence-corrected chi connectivity index (χ3v) is 7.42. The van der Waals surface area contributed by atoms with Crippen LogP contribution in [0.5, 0.6) is 0 Å². The zero-order valence-corrected chi connectivity index (χ0v) is 17.8. The molecule has 2 aliphatic rings. The predicted octanol–water partition coefficient (Wildman–Crippen LogP) is 4.89. The van der Waals surface area contributed by atoms with Crippen molar-refractivity contribution in [3.05, 3.63) is 66.0 Å². The van der Waals surface area contributed by atoms with Gasteiger partial charge in [0.2, 0.25) is 5.91 Å². The van der Waals surface area contributed by atoms with E-state index in [1.165, 1.54) is 30.2 Å². The maximum Gasteiger partial charge on any atom is 0.238 e. The van der Waals surface area contributed by atoms with Crippen LogP contribution < -0.4 is 4.90 Å². The molecule has 2 heterocycles. The Labute approximate surface area is 178 Å². The van der Waals surface area contributed by atoms with E-state index in [9.17, 15) is 4.79 Å². The summed E-state index contributed by atoms with van der Waals surface area (Å²) in [5.74, 6) is 2.26. The van der Waals surface area contributed by atoms with Gasteiger partial charge in [-0.05, 0) is 37.5 Å². The average Bonchev–Trinajstić information content (AvgIpc) is 3.53. The van der Waals surface area contributed by atoms with Crippen LogP contribution in [0.15, 0.2) is 64.6 Å². The van der Waals surface area contributed by atoms with Crippen LogP contribution in [-0.2, 0) is 4.79 Å². The Morgan fingerprint density at radius 3 is 2.66 bits per heavy atom. The number of hydrogen-bond donors (Lipinski definition) is 0. The lowest BCUT2D eigenvalue weighted by atomic mass is 10.1. The Morgan fingerprint density at radius 2 is 1.86 bits per heavy atom. The molecule has 5 rings (SSSR count). The molecule has 1 aliphatic carbocycles. The molecule has 1 saturated carbocycles. The molecular formula is C22H22N4OS2. The van der Waals surface area contributed by atoms with E-state index < -0.39 is 0 Å². The summed E-state index contributed by atoms with van der Waals surface area (Å²) in [5, 5.41) is 9.40. The SMILES string of the molecule is Cc1nnc(SCC(=O)N2c3ccccc3SCC2c2ccccc2)n1C1CC1. The summed E-state index contributed by atoms with van der Waals surface area (Å²) < 4.78 is 2.19. The Kier molecular flexibility index (Phi) is 5.09. The van der Waals surface area contributed by atoms with E-state index in [4.69, 9.17) is 0 Å². The first-order valence-corrected chi connectivity index (χ1v) is 11.8. The maximum atomic E-state index is 13.5. The van der Waals surface area contributed by atoms with Crippen molar-refractivity contribution in [1.82, 2.24) is 14.8 Å². The van der Waals surface area contributed by atoms with Gasteiger partial charge in [0.1, 0.15) is 5.82 Å². The van der Waals surface area contributed by atoms with Crippen molar-refractivity contribution in [2.45, 2.75) is 41.9 Å². The highest BCUT2D eigenvalue weighted by Gasteiger charge is 2.33. The lowest BCUT2D eigenvalue weighted by Gasteiger charge is -2.37. The molecule has 2 aromatic carbocycles. The fourth-order valence-corrected chi connectivity index (χ4v) is 5.89. The van der Waals surface area contributed by atoms with Gasteiger partial charge >= 0.3 is 0 Å². The zero-order chi connectivity index (χ0) is 19.8. The molecule has 1 unspecified atom stereocenters. The fourth-order valence-electron chi connectivity index (χ4n) is 3.82. The number of aryl methyl sites for hydroxylation is 1. The number of rotatable bonds is 5. The highest BCUT2D eigenvalue weighted by molar-refractivity contribution is 8.00. The molecule has 1 aromatic heterocycles. The van der Waals surface area contributed by atoms with E-state index >= 15 is 0 Å². The van der Waals surface area contributed by atoms with E-state index in [1.54, 1.807) is 0 Å². The molecule has 0 spiro atoms. The van der Waals surface area contributed by atoms with Crippen molar-refractivity contribution in [3.63, 3.8) is 0 Å². The second-order valence-electron chi connectivity index (χ2n) is 7.39. The van der Waals surface area contributed by atoms with Crippen LogP contribution in [0.3, 0.4) is 0 Å². The van der Waals surface area contributed by atoms with Gasteiger partial charge in [0.15, 0.2) is 5.16 Å². The van der Waals surface area contributed by atoms with Gasteiger partial charge in [-0.15, -0.1) is 22.0 Å².